The SMILES string of the molecule is O=C1c2ccccc2C(=O)C12O[C@@H](c1ccc(Br)cc1)C1(C(=O)c3ccccc3C1=O)[C@H]2c1ccc(F)cc1. The van der Waals surface area contributed by atoms with Gasteiger partial charge in [0.2, 0.25) is 17.2 Å². The van der Waals surface area contributed by atoms with Crippen molar-refractivity contribution in [3.63, 3.8) is 0 Å². The molecule has 7 rings (SSSR count). The average molecular weight is 581 g/mol. The van der Waals surface area contributed by atoms with E-state index >= 15 is 0 Å². The van der Waals surface area contributed by atoms with Crippen LogP contribution in [0.5, 0.6) is 0 Å². The molecule has 7 heteroatoms. The number of carbonyl (C=O) groups excluding carboxylic acids is 4. The zero-order chi connectivity index (χ0) is 27.1. The zero-order valence-electron chi connectivity index (χ0n) is 20.2. The second-order valence-electron chi connectivity index (χ2n) is 10.0. The van der Waals surface area contributed by atoms with Crippen molar-refractivity contribution >= 4 is 39.1 Å². The molecular weight excluding hydrogens is 563 g/mol. The third-order valence-corrected chi connectivity index (χ3v) is 8.74. The highest BCUT2D eigenvalue weighted by molar-refractivity contribution is 9.10. The van der Waals surface area contributed by atoms with E-state index in [0.29, 0.717) is 11.1 Å². The van der Waals surface area contributed by atoms with Crippen molar-refractivity contribution in [2.24, 2.45) is 5.41 Å². The lowest BCUT2D eigenvalue weighted by molar-refractivity contribution is -0.0210. The number of ketones is 4. The van der Waals surface area contributed by atoms with Crippen LogP contribution in [0.2, 0.25) is 0 Å². The van der Waals surface area contributed by atoms with E-state index in [4.69, 9.17) is 4.74 Å². The molecule has 5 nitrogen and oxygen atoms in total. The summed E-state index contributed by atoms with van der Waals surface area (Å²) in [6.45, 7) is 0. The summed E-state index contributed by atoms with van der Waals surface area (Å²) in [5.74, 6) is -4.18. The first kappa shape index (κ1) is 24.0. The highest BCUT2D eigenvalue weighted by Gasteiger charge is 2.79. The Morgan fingerprint density at radius 2 is 1.03 bits per heavy atom. The lowest BCUT2D eigenvalue weighted by Gasteiger charge is -2.34. The number of benzene rings is 4. The summed E-state index contributed by atoms with van der Waals surface area (Å²) in [6.07, 6.45) is -1.27. The van der Waals surface area contributed by atoms with Gasteiger partial charge in [0.1, 0.15) is 17.3 Å². The minimum Gasteiger partial charge on any atom is -0.348 e. The average Bonchev–Trinajstić information content (AvgIpc) is 3.48. The first-order chi connectivity index (χ1) is 18.8. The Bertz CT molecular complexity index is 1670. The van der Waals surface area contributed by atoms with Gasteiger partial charge < -0.3 is 4.74 Å². The number of rotatable bonds is 2. The molecule has 0 unspecified atom stereocenters. The molecule has 190 valence electrons. The number of Topliss-reactive ketones (excluding diaryl/α,β-unsaturated/α-hetero) is 4. The molecule has 0 aromatic heterocycles. The van der Waals surface area contributed by atoms with E-state index in [2.05, 4.69) is 15.9 Å². The fraction of sp³-hybridized carbons (Fsp3) is 0.125. The third kappa shape index (κ3) is 2.92. The summed E-state index contributed by atoms with van der Waals surface area (Å²) in [4.78, 5) is 57.7. The summed E-state index contributed by atoms with van der Waals surface area (Å²) < 4.78 is 21.5. The highest BCUT2D eigenvalue weighted by atomic mass is 79.9. The molecule has 1 fully saturated rings. The first-order valence-corrected chi connectivity index (χ1v) is 13.2. The van der Waals surface area contributed by atoms with Gasteiger partial charge in [0, 0.05) is 26.7 Å². The topological polar surface area (TPSA) is 77.5 Å². The van der Waals surface area contributed by atoms with E-state index < -0.39 is 52.0 Å². The second kappa shape index (κ2) is 8.21. The monoisotopic (exact) mass is 580 g/mol. The minimum atomic E-state index is -2.20. The van der Waals surface area contributed by atoms with Crippen LogP contribution >= 0.6 is 15.9 Å². The number of hydrogen-bond acceptors (Lipinski definition) is 5. The Labute approximate surface area is 230 Å². The molecule has 0 bridgehead atoms. The van der Waals surface area contributed by atoms with E-state index in [9.17, 15) is 23.6 Å². The molecular formula is C32H18BrFO5. The third-order valence-electron chi connectivity index (χ3n) is 8.21. The molecule has 1 saturated heterocycles. The van der Waals surface area contributed by atoms with Crippen LogP contribution in [-0.2, 0) is 4.74 Å². The fourth-order valence-electron chi connectivity index (χ4n) is 6.62. The molecule has 2 aliphatic carbocycles. The predicted molar refractivity (Wildman–Crippen MR) is 142 cm³/mol. The summed E-state index contributed by atoms with van der Waals surface area (Å²) in [7, 11) is 0. The second-order valence-corrected chi connectivity index (χ2v) is 11.0. The van der Waals surface area contributed by atoms with Crippen LogP contribution in [0.15, 0.2) is 102 Å². The van der Waals surface area contributed by atoms with Crippen molar-refractivity contribution in [2.75, 3.05) is 0 Å². The normalized spacial score (nSPS) is 22.1. The van der Waals surface area contributed by atoms with Crippen molar-refractivity contribution in [1.82, 2.24) is 0 Å². The smallest absolute Gasteiger partial charge is 0.204 e. The van der Waals surface area contributed by atoms with Crippen LogP contribution in [0.4, 0.5) is 4.39 Å². The Hall–Kier alpha value is -4.07. The van der Waals surface area contributed by atoms with E-state index in [-0.39, 0.29) is 22.3 Å². The molecule has 4 aromatic rings. The van der Waals surface area contributed by atoms with Crippen LogP contribution < -0.4 is 0 Å². The van der Waals surface area contributed by atoms with E-state index in [0.717, 1.165) is 4.47 Å². The van der Waals surface area contributed by atoms with Crippen LogP contribution in [0.3, 0.4) is 0 Å². The zero-order valence-corrected chi connectivity index (χ0v) is 21.8. The number of ether oxygens (including phenoxy) is 1. The van der Waals surface area contributed by atoms with Crippen LogP contribution in [0.1, 0.15) is 64.6 Å². The van der Waals surface area contributed by atoms with Gasteiger partial charge in [-0.25, -0.2) is 4.39 Å². The van der Waals surface area contributed by atoms with E-state index in [1.165, 1.54) is 24.3 Å². The first-order valence-electron chi connectivity index (χ1n) is 12.4. The maximum absolute atomic E-state index is 14.6. The lowest BCUT2D eigenvalue weighted by Crippen LogP contribution is -2.51. The van der Waals surface area contributed by atoms with Gasteiger partial charge in [-0.3, -0.25) is 19.2 Å². The van der Waals surface area contributed by atoms with Gasteiger partial charge in [0.25, 0.3) is 0 Å². The fourth-order valence-corrected chi connectivity index (χ4v) is 6.88. The van der Waals surface area contributed by atoms with Gasteiger partial charge in [-0.05, 0) is 35.4 Å². The minimum absolute atomic E-state index is 0.164. The highest BCUT2D eigenvalue weighted by Crippen LogP contribution is 2.67. The van der Waals surface area contributed by atoms with Crippen molar-refractivity contribution in [2.45, 2.75) is 17.6 Å². The van der Waals surface area contributed by atoms with Gasteiger partial charge in [-0.1, -0.05) is 88.7 Å². The molecule has 0 N–H and O–H groups in total. The standard InChI is InChI=1S/C32H18BrFO5/c33-19-13-9-18(10-14-19)30-31(26(35)21-5-1-2-6-22(21)27(31)36)25(17-11-15-20(34)16-12-17)32(39-30)28(37)23-7-3-4-8-24(23)29(32)38/h1-16,25,30H/t25-,30+/m1/s1. The summed E-state index contributed by atoms with van der Waals surface area (Å²) in [5.41, 5.74) is -2.70. The van der Waals surface area contributed by atoms with Gasteiger partial charge in [-0.2, -0.15) is 0 Å². The Kier molecular flexibility index (Phi) is 5.06. The molecule has 1 aliphatic heterocycles. The van der Waals surface area contributed by atoms with Gasteiger partial charge in [0.15, 0.2) is 11.6 Å². The number of fused-ring (bicyclic) bond motifs is 2. The molecule has 1 heterocycles. The largest absolute Gasteiger partial charge is 0.348 e. The number of halogens is 2. The molecule has 2 spiro atoms. The molecule has 0 amide bonds. The summed E-state index contributed by atoms with van der Waals surface area (Å²) in [5, 5.41) is 0. The molecule has 0 radical (unpaired) electrons. The van der Waals surface area contributed by atoms with E-state index in [1.54, 1.807) is 72.8 Å². The number of carbonyl (C=O) groups is 4. The molecule has 2 atom stereocenters. The summed E-state index contributed by atoms with van der Waals surface area (Å²) in [6, 6.07) is 25.0. The molecule has 4 aromatic carbocycles. The Morgan fingerprint density at radius 3 is 1.51 bits per heavy atom. The maximum Gasteiger partial charge on any atom is 0.204 e. The molecule has 39 heavy (non-hydrogen) atoms. The quantitative estimate of drug-likeness (QED) is 0.259. The molecule has 0 saturated carbocycles. The van der Waals surface area contributed by atoms with Gasteiger partial charge in [-0.15, -0.1) is 0 Å². The maximum atomic E-state index is 14.6. The van der Waals surface area contributed by atoms with Crippen molar-refractivity contribution in [1.29, 1.82) is 0 Å². The molecule has 3 aliphatic rings. The predicted octanol–water partition coefficient (Wildman–Crippen LogP) is 6.33. The van der Waals surface area contributed by atoms with Gasteiger partial charge >= 0.3 is 0 Å². The number of hydrogen-bond donors (Lipinski definition) is 0. The van der Waals surface area contributed by atoms with Gasteiger partial charge in [0.05, 0.1) is 5.92 Å². The van der Waals surface area contributed by atoms with E-state index in [1.807, 2.05) is 0 Å². The van der Waals surface area contributed by atoms with Crippen LogP contribution in [0, 0.1) is 11.2 Å². The Balaban J connectivity index is 1.59. The van der Waals surface area contributed by atoms with Crippen molar-refractivity contribution in [3.8, 4) is 0 Å². The summed E-state index contributed by atoms with van der Waals surface area (Å²) >= 11 is 3.41. The van der Waals surface area contributed by atoms with Crippen LogP contribution in [0.25, 0.3) is 0 Å². The lowest BCUT2D eigenvalue weighted by atomic mass is 9.60. The van der Waals surface area contributed by atoms with Crippen LogP contribution in [-0.4, -0.2) is 28.7 Å². The van der Waals surface area contributed by atoms with Crippen molar-refractivity contribution in [3.05, 3.63) is 141 Å². The van der Waals surface area contributed by atoms with Crippen molar-refractivity contribution < 1.29 is 28.3 Å². The Morgan fingerprint density at radius 1 is 0.590 bits per heavy atom.